The minimum Gasteiger partial charge on any atom is -0.205 e. The fourth-order valence-corrected chi connectivity index (χ4v) is 17.9. The molecule has 12 heteroatoms. The molecule has 0 aliphatic carbocycles. The third-order valence-electron chi connectivity index (χ3n) is 2.55. The Kier molecular flexibility index (Phi) is 11.1. The molecule has 0 N–H and O–H groups in total. The number of rotatable bonds is 8. The highest BCUT2D eigenvalue weighted by Crippen LogP contribution is 2.88. The van der Waals surface area contributed by atoms with Gasteiger partial charge in [-0.25, -0.2) is 4.52 Å². The topological polar surface area (TPSA) is 18.8 Å². The molecule has 1 aliphatic rings. The zero-order valence-electron chi connectivity index (χ0n) is 10.9. The highest BCUT2D eigenvalue weighted by Gasteiger charge is 2.43. The van der Waals surface area contributed by atoms with Crippen molar-refractivity contribution in [2.75, 3.05) is 5.75 Å². The Morgan fingerprint density at radius 1 is 1.10 bits per heavy atom. The fourth-order valence-electron chi connectivity index (χ4n) is 1.51. The Balaban J connectivity index is 2.39. The van der Waals surface area contributed by atoms with Gasteiger partial charge < -0.3 is 0 Å². The third kappa shape index (κ3) is 6.37. The lowest BCUT2D eigenvalue weighted by molar-refractivity contribution is 0.627. The average Bonchev–Trinajstić information content (AvgIpc) is 2.42. The first-order valence-corrected chi connectivity index (χ1v) is 15.4. The van der Waals surface area contributed by atoms with E-state index in [0.29, 0.717) is 0 Å². The molecule has 1 aliphatic heterocycles. The summed E-state index contributed by atoms with van der Waals surface area (Å²) in [6.45, 7) is 2.21. The Labute approximate surface area is 152 Å². The van der Waals surface area contributed by atoms with Gasteiger partial charge in [0.2, 0.25) is 7.58 Å². The maximum Gasteiger partial charge on any atom is 0.210 e. The average molecular weight is 457 g/mol. The second-order valence-corrected chi connectivity index (χ2v) is 17.4. The van der Waals surface area contributed by atoms with E-state index in [1.165, 1.54) is 40.0 Å². The molecule has 0 aromatic heterocycles. The van der Waals surface area contributed by atoms with E-state index in [0.717, 1.165) is 12.2 Å². The predicted octanol–water partition coefficient (Wildman–Crippen LogP) is 9.12. The van der Waals surface area contributed by atoms with Gasteiger partial charge in [-0.05, 0) is 52.5 Å². The first-order chi connectivity index (χ1) is 9.42. The number of nitrogens with zero attached hydrogens (tertiary/aromatic N) is 3. The highest BCUT2D eigenvalue weighted by atomic mass is 35.7. The van der Waals surface area contributed by atoms with Crippen LogP contribution in [0.25, 0.3) is 0 Å². The van der Waals surface area contributed by atoms with Gasteiger partial charge in [0.25, 0.3) is 0 Å². The smallest absolute Gasteiger partial charge is 0.205 e. The van der Waals surface area contributed by atoms with Crippen LogP contribution in [0.2, 0.25) is 0 Å². The largest absolute Gasteiger partial charge is 0.210 e. The van der Waals surface area contributed by atoms with Gasteiger partial charge in [0, 0.05) is 5.75 Å². The van der Waals surface area contributed by atoms with Gasteiger partial charge in [-0.2, -0.15) is 0 Å². The fraction of sp³-hybridized carbons (Fsp3) is 1.00. The molecule has 0 bridgehead atoms. The zero-order chi connectivity index (χ0) is 15.2. The molecular formula is C8H17Cl5N3P3S. The molecule has 3 atom stereocenters. The van der Waals surface area contributed by atoms with Crippen molar-refractivity contribution in [3.05, 3.63) is 0 Å². The van der Waals surface area contributed by atoms with Crippen LogP contribution in [0.3, 0.4) is 0 Å². The Hall–Kier alpha value is 2.81. The molecule has 3 nitrogen and oxygen atoms in total. The second-order valence-electron chi connectivity index (χ2n) is 4.13. The van der Waals surface area contributed by atoms with E-state index in [2.05, 4.69) is 11.4 Å². The van der Waals surface area contributed by atoms with Crippen LogP contribution in [0.4, 0.5) is 0 Å². The van der Waals surface area contributed by atoms with Gasteiger partial charge in [-0.15, -0.1) is 7.92 Å². The maximum atomic E-state index is 6.52. The maximum absolute atomic E-state index is 6.52. The monoisotopic (exact) mass is 455 g/mol. The summed E-state index contributed by atoms with van der Waals surface area (Å²) in [6, 6.07) is 0. The van der Waals surface area contributed by atoms with Gasteiger partial charge in [0.15, 0.2) is 13.3 Å². The summed E-state index contributed by atoms with van der Waals surface area (Å²) in [5.74, 6) is -1.47. The van der Waals surface area contributed by atoms with Crippen LogP contribution in [0.5, 0.6) is 0 Å². The summed E-state index contributed by atoms with van der Waals surface area (Å²) in [6.07, 6.45) is 7.45. The van der Waals surface area contributed by atoms with Crippen LogP contribution < -0.4 is 0 Å². The number of hydrogen-bond acceptors (Lipinski definition) is 4. The van der Waals surface area contributed by atoms with E-state index < -0.39 is 20.9 Å². The van der Waals surface area contributed by atoms with E-state index in [4.69, 9.17) is 57.3 Å². The standard InChI is InChI=1S/C8H17Cl5N3P3S/c1-2-3-4-5-6-7-8-20-19(13)14-17(11)15(9)18(12)16(19)10/h2-8H2,1H3. The van der Waals surface area contributed by atoms with Crippen molar-refractivity contribution in [1.29, 1.82) is 0 Å². The third-order valence-corrected chi connectivity index (χ3v) is 19.7. The predicted molar refractivity (Wildman–Crippen MR) is 102 cm³/mol. The molecule has 1 heterocycles. The summed E-state index contributed by atoms with van der Waals surface area (Å²) in [5, 5.41) is 0. The van der Waals surface area contributed by atoms with Crippen LogP contribution in [0.1, 0.15) is 45.4 Å². The lowest BCUT2D eigenvalue weighted by Crippen LogP contribution is -2.07. The highest BCUT2D eigenvalue weighted by molar-refractivity contribution is 8.67. The lowest BCUT2D eigenvalue weighted by atomic mass is 10.1. The van der Waals surface area contributed by atoms with Crippen molar-refractivity contribution in [2.24, 2.45) is 4.52 Å². The van der Waals surface area contributed by atoms with Crippen LogP contribution in [-0.2, 0) is 0 Å². The molecule has 3 unspecified atom stereocenters. The lowest BCUT2D eigenvalue weighted by Gasteiger charge is -2.36. The zero-order valence-corrected chi connectivity index (χ0v) is 18.2. The summed E-state index contributed by atoms with van der Waals surface area (Å²) >= 11 is 32.4. The SMILES string of the molecule is CCCCCCCCSP1(Cl)=NP(Cl)N(Cl)P(Cl)N1Cl. The molecule has 0 radical (unpaired) electrons. The van der Waals surface area contributed by atoms with E-state index in [1.807, 2.05) is 0 Å². The number of unbranched alkanes of at least 4 members (excludes halogenated alkanes) is 5. The first-order valence-electron chi connectivity index (χ1n) is 6.22. The van der Waals surface area contributed by atoms with Crippen molar-refractivity contribution in [3.8, 4) is 0 Å². The molecule has 0 aromatic carbocycles. The molecule has 0 fully saturated rings. The summed E-state index contributed by atoms with van der Waals surface area (Å²) in [5.41, 5.74) is 0. The van der Waals surface area contributed by atoms with Crippen molar-refractivity contribution in [1.82, 2.24) is 7.92 Å². The van der Waals surface area contributed by atoms with Gasteiger partial charge >= 0.3 is 0 Å². The van der Waals surface area contributed by atoms with Gasteiger partial charge in [0.05, 0.1) is 0 Å². The molecule has 0 aromatic rings. The minimum atomic E-state index is -2.39. The van der Waals surface area contributed by atoms with E-state index in [1.54, 1.807) is 11.4 Å². The van der Waals surface area contributed by atoms with Crippen LogP contribution >= 0.6 is 89.6 Å². The van der Waals surface area contributed by atoms with Crippen LogP contribution in [0, 0.1) is 0 Å². The normalized spacial score (nSPS) is 32.3. The number of hydrogen-bond donors (Lipinski definition) is 0. The number of halogens is 5. The van der Waals surface area contributed by atoms with Gasteiger partial charge in [-0.1, -0.05) is 61.7 Å². The van der Waals surface area contributed by atoms with Crippen molar-refractivity contribution in [3.63, 3.8) is 0 Å². The second kappa shape index (κ2) is 10.6. The van der Waals surface area contributed by atoms with E-state index in [-0.39, 0.29) is 0 Å². The van der Waals surface area contributed by atoms with Gasteiger partial charge in [0.1, 0.15) is 0 Å². The van der Waals surface area contributed by atoms with Crippen molar-refractivity contribution < 1.29 is 0 Å². The molecule has 20 heavy (non-hydrogen) atoms. The first kappa shape index (κ1) is 20.9. The molecule has 120 valence electrons. The Morgan fingerprint density at radius 3 is 2.35 bits per heavy atom. The minimum absolute atomic E-state index is 0.915. The summed E-state index contributed by atoms with van der Waals surface area (Å²) in [7, 11) is -2.78. The molecule has 0 saturated heterocycles. The Bertz CT molecular complexity index is 353. The summed E-state index contributed by atoms with van der Waals surface area (Å²) < 4.78 is 7.01. The van der Waals surface area contributed by atoms with Crippen molar-refractivity contribution in [2.45, 2.75) is 45.4 Å². The summed E-state index contributed by atoms with van der Waals surface area (Å²) in [4.78, 5) is 0. The molecule has 0 spiro atoms. The quantitative estimate of drug-likeness (QED) is 0.206. The van der Waals surface area contributed by atoms with E-state index >= 15 is 0 Å². The molecule has 0 saturated carbocycles. The van der Waals surface area contributed by atoms with Crippen LogP contribution in [0.15, 0.2) is 4.52 Å². The van der Waals surface area contributed by atoms with Crippen molar-refractivity contribution >= 4 is 89.6 Å². The Morgan fingerprint density at radius 2 is 1.70 bits per heavy atom. The van der Waals surface area contributed by atoms with E-state index in [9.17, 15) is 0 Å². The molecule has 1 rings (SSSR count). The van der Waals surface area contributed by atoms with Crippen LogP contribution in [-0.4, -0.2) is 13.7 Å². The van der Waals surface area contributed by atoms with Gasteiger partial charge in [-0.3, -0.25) is 0 Å². The molecule has 0 amide bonds. The molecular weight excluding hydrogens is 440 g/mol.